The van der Waals surface area contributed by atoms with Crippen LogP contribution in [0.3, 0.4) is 0 Å². The number of anilines is 2. The summed E-state index contributed by atoms with van der Waals surface area (Å²) in [6.07, 6.45) is 1.39. The molecule has 0 aromatic carbocycles. The molecule has 1 heterocycles. The molecule has 0 unspecified atom stereocenters. The van der Waals surface area contributed by atoms with Crippen LogP contribution in [-0.2, 0) is 9.53 Å². The number of carbonyl (C=O) groups excluding carboxylic acids is 2. The van der Waals surface area contributed by atoms with E-state index < -0.39 is 5.97 Å². The number of hydrogen-bond acceptors (Lipinski definition) is 6. The van der Waals surface area contributed by atoms with Crippen molar-refractivity contribution in [1.82, 2.24) is 10.3 Å². The molecule has 0 aliphatic carbocycles. The lowest BCUT2D eigenvalue weighted by molar-refractivity contribution is -0.120. The van der Waals surface area contributed by atoms with Gasteiger partial charge in [-0.3, -0.25) is 4.79 Å². The number of aromatic nitrogens is 1. The van der Waals surface area contributed by atoms with Crippen LogP contribution in [0.4, 0.5) is 11.5 Å². The van der Waals surface area contributed by atoms with Crippen molar-refractivity contribution in [2.24, 2.45) is 0 Å². The molecule has 116 valence electrons. The van der Waals surface area contributed by atoms with E-state index in [9.17, 15) is 9.59 Å². The first-order valence-electron chi connectivity index (χ1n) is 6.78. The molecule has 0 fully saturated rings. The monoisotopic (exact) mass is 294 g/mol. The Kier molecular flexibility index (Phi) is 5.95. The lowest BCUT2D eigenvalue weighted by Crippen LogP contribution is -2.38. The van der Waals surface area contributed by atoms with Gasteiger partial charge in [0, 0.05) is 13.1 Å². The standard InChI is InChI=1S/C14H22N4O3/c1-5-21-14(20)10-6-12(16-7-11(10)15)18(4)8-13(19)17-9(2)3/h6-7,9H,5,8,15H2,1-4H3,(H,17,19). The first-order chi connectivity index (χ1) is 9.85. The summed E-state index contributed by atoms with van der Waals surface area (Å²) in [7, 11) is 1.72. The zero-order valence-electron chi connectivity index (χ0n) is 12.8. The van der Waals surface area contributed by atoms with Crippen LogP contribution in [0.2, 0.25) is 0 Å². The second-order valence-electron chi connectivity index (χ2n) is 4.93. The van der Waals surface area contributed by atoms with Crippen molar-refractivity contribution in [3.05, 3.63) is 17.8 Å². The number of nitrogen functional groups attached to an aromatic ring is 1. The zero-order valence-corrected chi connectivity index (χ0v) is 12.8. The molecule has 1 amide bonds. The summed E-state index contributed by atoms with van der Waals surface area (Å²) in [6, 6.07) is 1.59. The maximum atomic E-state index is 11.8. The number of nitrogens with zero attached hydrogens (tertiary/aromatic N) is 2. The van der Waals surface area contributed by atoms with Gasteiger partial charge < -0.3 is 20.7 Å². The van der Waals surface area contributed by atoms with E-state index in [2.05, 4.69) is 10.3 Å². The number of amides is 1. The molecule has 1 aromatic rings. The van der Waals surface area contributed by atoms with Crippen LogP contribution in [-0.4, -0.2) is 43.1 Å². The highest BCUT2D eigenvalue weighted by Crippen LogP contribution is 2.18. The van der Waals surface area contributed by atoms with Gasteiger partial charge in [0.25, 0.3) is 0 Å². The molecule has 0 bridgehead atoms. The molecule has 0 aliphatic heterocycles. The van der Waals surface area contributed by atoms with Gasteiger partial charge in [-0.05, 0) is 26.8 Å². The summed E-state index contributed by atoms with van der Waals surface area (Å²) < 4.78 is 4.93. The molecule has 0 saturated carbocycles. The predicted octanol–water partition coefficient (Wildman–Crippen LogP) is 0.801. The highest BCUT2D eigenvalue weighted by atomic mass is 16.5. The summed E-state index contributed by atoms with van der Waals surface area (Å²) in [5, 5.41) is 2.79. The number of nitrogens with one attached hydrogen (secondary N) is 1. The Morgan fingerprint density at radius 1 is 1.48 bits per heavy atom. The van der Waals surface area contributed by atoms with Crippen molar-refractivity contribution in [1.29, 1.82) is 0 Å². The Morgan fingerprint density at radius 3 is 2.71 bits per heavy atom. The highest BCUT2D eigenvalue weighted by Gasteiger charge is 2.15. The third kappa shape index (κ3) is 4.94. The van der Waals surface area contributed by atoms with E-state index in [0.717, 1.165) is 0 Å². The topological polar surface area (TPSA) is 97.5 Å². The largest absolute Gasteiger partial charge is 0.462 e. The smallest absolute Gasteiger partial charge is 0.340 e. The van der Waals surface area contributed by atoms with Crippen LogP contribution >= 0.6 is 0 Å². The van der Waals surface area contributed by atoms with Gasteiger partial charge in [-0.15, -0.1) is 0 Å². The third-order valence-electron chi connectivity index (χ3n) is 2.64. The van der Waals surface area contributed by atoms with Crippen LogP contribution in [0.25, 0.3) is 0 Å². The summed E-state index contributed by atoms with van der Waals surface area (Å²) in [6.45, 7) is 5.90. The molecule has 0 saturated heterocycles. The Balaban J connectivity index is 2.86. The number of esters is 1. The molecular weight excluding hydrogens is 272 g/mol. The molecular formula is C14H22N4O3. The number of hydrogen-bond donors (Lipinski definition) is 2. The minimum Gasteiger partial charge on any atom is -0.462 e. The van der Waals surface area contributed by atoms with Gasteiger partial charge in [-0.2, -0.15) is 0 Å². The van der Waals surface area contributed by atoms with E-state index in [4.69, 9.17) is 10.5 Å². The number of likely N-dealkylation sites (N-methyl/N-ethyl adjacent to an activating group) is 1. The summed E-state index contributed by atoms with van der Waals surface area (Å²) in [4.78, 5) is 29.3. The first kappa shape index (κ1) is 16.7. The zero-order chi connectivity index (χ0) is 16.0. The van der Waals surface area contributed by atoms with E-state index in [0.29, 0.717) is 5.82 Å². The van der Waals surface area contributed by atoms with E-state index in [1.54, 1.807) is 18.9 Å². The van der Waals surface area contributed by atoms with Crippen molar-refractivity contribution >= 4 is 23.4 Å². The maximum absolute atomic E-state index is 11.8. The van der Waals surface area contributed by atoms with Crippen molar-refractivity contribution in [3.63, 3.8) is 0 Å². The van der Waals surface area contributed by atoms with Gasteiger partial charge in [0.15, 0.2) is 0 Å². The normalized spacial score (nSPS) is 10.3. The Labute approximate surface area is 124 Å². The number of pyridine rings is 1. The van der Waals surface area contributed by atoms with Gasteiger partial charge in [0.2, 0.25) is 5.91 Å². The Bertz CT molecular complexity index is 517. The fourth-order valence-corrected chi connectivity index (χ4v) is 1.71. The van der Waals surface area contributed by atoms with E-state index >= 15 is 0 Å². The fourth-order valence-electron chi connectivity index (χ4n) is 1.71. The van der Waals surface area contributed by atoms with E-state index in [-0.39, 0.29) is 36.4 Å². The van der Waals surface area contributed by atoms with Crippen LogP contribution < -0.4 is 16.0 Å². The number of nitrogens with two attached hydrogens (primary N) is 1. The van der Waals surface area contributed by atoms with Crippen molar-refractivity contribution in [2.45, 2.75) is 26.8 Å². The Hall–Kier alpha value is -2.31. The average Bonchev–Trinajstić information content (AvgIpc) is 2.38. The van der Waals surface area contributed by atoms with Gasteiger partial charge in [0.05, 0.1) is 30.6 Å². The van der Waals surface area contributed by atoms with Crippen LogP contribution in [0.1, 0.15) is 31.1 Å². The minimum absolute atomic E-state index is 0.0698. The summed E-state index contributed by atoms with van der Waals surface area (Å²) >= 11 is 0. The lowest BCUT2D eigenvalue weighted by atomic mass is 10.2. The second-order valence-corrected chi connectivity index (χ2v) is 4.93. The molecule has 7 heteroatoms. The molecule has 1 aromatic heterocycles. The number of ether oxygens (including phenoxy) is 1. The third-order valence-corrected chi connectivity index (χ3v) is 2.64. The summed E-state index contributed by atoms with van der Waals surface area (Å²) in [5.41, 5.74) is 6.22. The fraction of sp³-hybridized carbons (Fsp3) is 0.500. The van der Waals surface area contributed by atoms with Crippen molar-refractivity contribution in [3.8, 4) is 0 Å². The Morgan fingerprint density at radius 2 is 2.14 bits per heavy atom. The molecule has 0 aliphatic rings. The molecule has 0 spiro atoms. The average molecular weight is 294 g/mol. The van der Waals surface area contributed by atoms with Crippen molar-refractivity contribution < 1.29 is 14.3 Å². The van der Waals surface area contributed by atoms with Crippen LogP contribution in [0.5, 0.6) is 0 Å². The van der Waals surface area contributed by atoms with E-state index in [1.165, 1.54) is 12.3 Å². The van der Waals surface area contributed by atoms with Gasteiger partial charge in [0.1, 0.15) is 5.82 Å². The predicted molar refractivity (Wildman–Crippen MR) is 81.2 cm³/mol. The van der Waals surface area contributed by atoms with Crippen molar-refractivity contribution in [2.75, 3.05) is 30.8 Å². The molecule has 7 nitrogen and oxygen atoms in total. The van der Waals surface area contributed by atoms with E-state index in [1.807, 2.05) is 13.8 Å². The van der Waals surface area contributed by atoms with Gasteiger partial charge in [-0.1, -0.05) is 0 Å². The highest BCUT2D eigenvalue weighted by molar-refractivity contribution is 5.95. The second kappa shape index (κ2) is 7.47. The van der Waals surface area contributed by atoms with Crippen LogP contribution in [0, 0.1) is 0 Å². The molecule has 0 atom stereocenters. The maximum Gasteiger partial charge on any atom is 0.340 e. The van der Waals surface area contributed by atoms with Gasteiger partial charge >= 0.3 is 5.97 Å². The van der Waals surface area contributed by atoms with Gasteiger partial charge in [-0.25, -0.2) is 9.78 Å². The number of rotatable bonds is 6. The SMILES string of the molecule is CCOC(=O)c1cc(N(C)CC(=O)NC(C)C)ncc1N. The molecule has 1 rings (SSSR count). The summed E-state index contributed by atoms with van der Waals surface area (Å²) in [5.74, 6) is -0.145. The first-order valence-corrected chi connectivity index (χ1v) is 6.78. The minimum atomic E-state index is -0.501. The molecule has 3 N–H and O–H groups in total. The molecule has 21 heavy (non-hydrogen) atoms. The molecule has 0 radical (unpaired) electrons. The number of carbonyl (C=O) groups is 2. The lowest BCUT2D eigenvalue weighted by Gasteiger charge is -2.19. The quantitative estimate of drug-likeness (QED) is 0.753. The van der Waals surface area contributed by atoms with Crippen LogP contribution in [0.15, 0.2) is 12.3 Å².